The number of carbonyl (C=O) groups is 1. The molecule has 94 valence electrons. The Balaban J connectivity index is 2.21. The SMILES string of the molecule is CC(=O)NC1c2ccccc2C=Cc2ccccc21. The van der Waals surface area contributed by atoms with Gasteiger partial charge in [-0.05, 0) is 22.3 Å². The summed E-state index contributed by atoms with van der Waals surface area (Å²) in [5.74, 6) is -0.0171. The van der Waals surface area contributed by atoms with Crippen LogP contribution in [0.4, 0.5) is 0 Å². The second-order valence-electron chi connectivity index (χ2n) is 4.72. The maximum absolute atomic E-state index is 11.5. The minimum atomic E-state index is -0.0834. The maximum atomic E-state index is 11.5. The van der Waals surface area contributed by atoms with E-state index in [1.807, 2.05) is 24.3 Å². The molecule has 0 aromatic heterocycles. The van der Waals surface area contributed by atoms with Gasteiger partial charge in [0.2, 0.25) is 5.91 Å². The van der Waals surface area contributed by atoms with E-state index in [0.29, 0.717) is 0 Å². The minimum Gasteiger partial charge on any atom is -0.345 e. The topological polar surface area (TPSA) is 29.1 Å². The third-order valence-electron chi connectivity index (χ3n) is 3.40. The van der Waals surface area contributed by atoms with E-state index in [0.717, 1.165) is 22.3 Å². The molecule has 2 heteroatoms. The van der Waals surface area contributed by atoms with Crippen molar-refractivity contribution in [3.8, 4) is 0 Å². The van der Waals surface area contributed by atoms with Crippen molar-refractivity contribution in [2.75, 3.05) is 0 Å². The Morgan fingerprint density at radius 2 is 1.37 bits per heavy atom. The Labute approximate surface area is 112 Å². The predicted octanol–water partition coefficient (Wildman–Crippen LogP) is 3.40. The van der Waals surface area contributed by atoms with Crippen LogP contribution in [0.5, 0.6) is 0 Å². The molecule has 2 aromatic rings. The van der Waals surface area contributed by atoms with E-state index in [-0.39, 0.29) is 11.9 Å². The molecule has 0 heterocycles. The summed E-state index contributed by atoms with van der Waals surface area (Å²) in [6.07, 6.45) is 4.21. The number of rotatable bonds is 1. The zero-order valence-electron chi connectivity index (χ0n) is 10.8. The van der Waals surface area contributed by atoms with Crippen molar-refractivity contribution in [1.29, 1.82) is 0 Å². The van der Waals surface area contributed by atoms with Gasteiger partial charge in [0.05, 0.1) is 6.04 Å². The van der Waals surface area contributed by atoms with Gasteiger partial charge in [-0.1, -0.05) is 60.7 Å². The molecule has 2 aromatic carbocycles. The Bertz CT molecular complexity index is 608. The number of nitrogens with one attached hydrogen (secondary N) is 1. The normalized spacial score (nSPS) is 13.3. The molecule has 0 radical (unpaired) electrons. The van der Waals surface area contributed by atoms with Crippen LogP contribution in [0.3, 0.4) is 0 Å². The quantitative estimate of drug-likeness (QED) is 0.824. The fourth-order valence-electron chi connectivity index (χ4n) is 2.56. The summed E-state index contributed by atoms with van der Waals surface area (Å²) in [6, 6.07) is 16.3. The van der Waals surface area contributed by atoms with E-state index in [9.17, 15) is 4.79 Å². The van der Waals surface area contributed by atoms with Gasteiger partial charge in [0.15, 0.2) is 0 Å². The third-order valence-corrected chi connectivity index (χ3v) is 3.40. The highest BCUT2D eigenvalue weighted by Crippen LogP contribution is 2.32. The fourth-order valence-corrected chi connectivity index (χ4v) is 2.56. The smallest absolute Gasteiger partial charge is 0.217 e. The Kier molecular flexibility index (Phi) is 2.92. The first-order valence-corrected chi connectivity index (χ1v) is 6.39. The molecule has 0 spiro atoms. The van der Waals surface area contributed by atoms with Crippen LogP contribution in [0.2, 0.25) is 0 Å². The van der Waals surface area contributed by atoms with E-state index in [1.165, 1.54) is 0 Å². The zero-order valence-corrected chi connectivity index (χ0v) is 10.8. The number of amides is 1. The summed E-state index contributed by atoms with van der Waals surface area (Å²) in [5.41, 5.74) is 4.58. The highest BCUT2D eigenvalue weighted by atomic mass is 16.1. The van der Waals surface area contributed by atoms with Crippen molar-refractivity contribution in [3.05, 3.63) is 70.8 Å². The maximum Gasteiger partial charge on any atom is 0.217 e. The molecule has 2 nitrogen and oxygen atoms in total. The van der Waals surface area contributed by atoms with Crippen molar-refractivity contribution in [2.45, 2.75) is 13.0 Å². The van der Waals surface area contributed by atoms with Crippen LogP contribution in [0.1, 0.15) is 35.2 Å². The van der Waals surface area contributed by atoms with E-state index in [4.69, 9.17) is 0 Å². The number of hydrogen-bond donors (Lipinski definition) is 1. The largest absolute Gasteiger partial charge is 0.345 e. The first-order chi connectivity index (χ1) is 9.25. The minimum absolute atomic E-state index is 0.0171. The standard InChI is InChI=1S/C17H15NO/c1-12(19)18-17-15-8-4-2-6-13(15)10-11-14-7-3-5-9-16(14)17/h2-11,17H,1H3,(H,18,19). The summed E-state index contributed by atoms with van der Waals surface area (Å²) >= 11 is 0. The Hall–Kier alpha value is -2.35. The first kappa shape index (κ1) is 11.7. The van der Waals surface area contributed by atoms with Gasteiger partial charge in [-0.3, -0.25) is 4.79 Å². The summed E-state index contributed by atoms with van der Waals surface area (Å²) in [5, 5.41) is 3.06. The van der Waals surface area contributed by atoms with Crippen LogP contribution < -0.4 is 5.32 Å². The van der Waals surface area contributed by atoms with Gasteiger partial charge in [0.1, 0.15) is 0 Å². The van der Waals surface area contributed by atoms with E-state index < -0.39 is 0 Å². The van der Waals surface area contributed by atoms with Crippen molar-refractivity contribution in [3.63, 3.8) is 0 Å². The van der Waals surface area contributed by atoms with Crippen LogP contribution in [-0.4, -0.2) is 5.91 Å². The Morgan fingerprint density at radius 3 is 1.84 bits per heavy atom. The second-order valence-corrected chi connectivity index (χ2v) is 4.72. The van der Waals surface area contributed by atoms with Crippen LogP contribution in [0.15, 0.2) is 48.5 Å². The highest BCUT2D eigenvalue weighted by Gasteiger charge is 2.21. The van der Waals surface area contributed by atoms with Crippen molar-refractivity contribution < 1.29 is 4.79 Å². The number of carbonyl (C=O) groups excluding carboxylic acids is 1. The van der Waals surface area contributed by atoms with Gasteiger partial charge in [0, 0.05) is 6.92 Å². The number of fused-ring (bicyclic) bond motifs is 2. The molecular weight excluding hydrogens is 234 g/mol. The molecule has 19 heavy (non-hydrogen) atoms. The Morgan fingerprint density at radius 1 is 0.895 bits per heavy atom. The van der Waals surface area contributed by atoms with Gasteiger partial charge in [-0.25, -0.2) is 0 Å². The molecule has 1 N–H and O–H groups in total. The lowest BCUT2D eigenvalue weighted by molar-refractivity contribution is -0.119. The summed E-state index contributed by atoms with van der Waals surface area (Å²) in [7, 11) is 0. The molecule has 0 fully saturated rings. The lowest BCUT2D eigenvalue weighted by atomic mass is 9.94. The second kappa shape index (κ2) is 4.73. The van der Waals surface area contributed by atoms with Crippen molar-refractivity contribution in [1.82, 2.24) is 5.32 Å². The molecule has 0 saturated heterocycles. The van der Waals surface area contributed by atoms with Gasteiger partial charge in [0.25, 0.3) is 0 Å². The zero-order chi connectivity index (χ0) is 13.2. The van der Waals surface area contributed by atoms with Gasteiger partial charge in [-0.2, -0.15) is 0 Å². The van der Waals surface area contributed by atoms with Crippen molar-refractivity contribution in [2.24, 2.45) is 0 Å². The molecule has 0 aliphatic heterocycles. The molecule has 1 amide bonds. The van der Waals surface area contributed by atoms with Gasteiger partial charge >= 0.3 is 0 Å². The monoisotopic (exact) mass is 249 g/mol. The van der Waals surface area contributed by atoms with Crippen LogP contribution in [0.25, 0.3) is 12.2 Å². The van der Waals surface area contributed by atoms with Crippen LogP contribution in [0, 0.1) is 0 Å². The van der Waals surface area contributed by atoms with Crippen molar-refractivity contribution >= 4 is 18.1 Å². The molecule has 0 saturated carbocycles. The average Bonchev–Trinajstić information content (AvgIpc) is 2.57. The summed E-state index contributed by atoms with van der Waals surface area (Å²) in [6.45, 7) is 1.56. The first-order valence-electron chi connectivity index (χ1n) is 6.39. The van der Waals surface area contributed by atoms with E-state index >= 15 is 0 Å². The molecule has 1 aliphatic carbocycles. The van der Waals surface area contributed by atoms with E-state index in [2.05, 4.69) is 41.7 Å². The van der Waals surface area contributed by atoms with Crippen LogP contribution >= 0.6 is 0 Å². The lowest BCUT2D eigenvalue weighted by Gasteiger charge is -2.21. The molecular formula is C17H15NO. The highest BCUT2D eigenvalue weighted by molar-refractivity contribution is 5.79. The van der Waals surface area contributed by atoms with E-state index in [1.54, 1.807) is 6.92 Å². The molecule has 0 bridgehead atoms. The van der Waals surface area contributed by atoms with Gasteiger partial charge in [-0.15, -0.1) is 0 Å². The molecule has 3 rings (SSSR count). The third kappa shape index (κ3) is 2.17. The molecule has 0 unspecified atom stereocenters. The number of benzene rings is 2. The predicted molar refractivity (Wildman–Crippen MR) is 77.5 cm³/mol. The molecule has 0 atom stereocenters. The number of hydrogen-bond acceptors (Lipinski definition) is 1. The summed E-state index contributed by atoms with van der Waals surface area (Å²) < 4.78 is 0. The summed E-state index contributed by atoms with van der Waals surface area (Å²) in [4.78, 5) is 11.5. The van der Waals surface area contributed by atoms with Gasteiger partial charge < -0.3 is 5.32 Å². The molecule has 1 aliphatic rings. The van der Waals surface area contributed by atoms with Crippen LogP contribution in [-0.2, 0) is 4.79 Å². The fraction of sp³-hybridized carbons (Fsp3) is 0.118. The average molecular weight is 249 g/mol. The lowest BCUT2D eigenvalue weighted by Crippen LogP contribution is -2.27.